The Labute approximate surface area is 125 Å². The quantitative estimate of drug-likeness (QED) is 0.649. The van der Waals surface area contributed by atoms with E-state index in [0.717, 1.165) is 24.3 Å². The Hall–Kier alpha value is -1.26. The van der Waals surface area contributed by atoms with Crippen molar-refractivity contribution in [3.63, 3.8) is 0 Å². The third-order valence-corrected chi connectivity index (χ3v) is 4.97. The summed E-state index contributed by atoms with van der Waals surface area (Å²) in [6, 6.07) is 7.00. The van der Waals surface area contributed by atoms with Gasteiger partial charge in [0.15, 0.2) is 0 Å². The number of halogens is 1. The van der Waals surface area contributed by atoms with E-state index in [1.165, 1.54) is 19.3 Å². The van der Waals surface area contributed by atoms with Crippen LogP contribution in [0.25, 0.3) is 0 Å². The van der Waals surface area contributed by atoms with Gasteiger partial charge in [-0.2, -0.15) is 0 Å². The number of nitrogen functional groups attached to an aromatic ring is 1. The van der Waals surface area contributed by atoms with E-state index in [2.05, 4.69) is 16.8 Å². The van der Waals surface area contributed by atoms with E-state index in [1.54, 1.807) is 6.07 Å². The number of benzene rings is 1. The molecule has 5 heteroatoms. The fraction of sp³-hybridized carbons (Fsp3) is 0.533. The first-order chi connectivity index (χ1) is 9.56. The highest BCUT2D eigenvalue weighted by molar-refractivity contribution is 6.31. The summed E-state index contributed by atoms with van der Waals surface area (Å²) in [6.45, 7) is 2.03. The highest BCUT2D eigenvalue weighted by Gasteiger charge is 2.35. The normalized spacial score (nSPS) is 26.6. The molecule has 0 spiro atoms. The van der Waals surface area contributed by atoms with Gasteiger partial charge in [-0.3, -0.25) is 10.3 Å². The Morgan fingerprint density at radius 2 is 2.05 bits per heavy atom. The molecule has 2 saturated heterocycles. The second kappa shape index (κ2) is 5.26. The summed E-state index contributed by atoms with van der Waals surface area (Å²) in [5, 5.41) is 8.40. The zero-order valence-corrected chi connectivity index (χ0v) is 12.5. The molecule has 4 nitrogen and oxygen atoms in total. The van der Waals surface area contributed by atoms with Gasteiger partial charge in [-0.05, 0) is 44.5 Å². The molecule has 2 unspecified atom stereocenters. The van der Waals surface area contributed by atoms with Gasteiger partial charge in [0.25, 0.3) is 0 Å². The maximum absolute atomic E-state index is 7.77. The average molecular weight is 293 g/mol. The van der Waals surface area contributed by atoms with Crippen molar-refractivity contribution >= 4 is 23.1 Å². The fourth-order valence-corrected chi connectivity index (χ4v) is 3.70. The summed E-state index contributed by atoms with van der Waals surface area (Å²) in [6.07, 6.45) is 3.75. The summed E-state index contributed by atoms with van der Waals surface area (Å²) in [7, 11) is 2.24. The van der Waals surface area contributed by atoms with E-state index in [0.29, 0.717) is 17.1 Å². The van der Waals surface area contributed by atoms with Crippen LogP contribution in [-0.4, -0.2) is 43.0 Å². The molecule has 0 aromatic heterocycles. The largest absolute Gasteiger partial charge is 0.384 e. The standard InChI is InChI=1S/C15H21ClN4/c1-19-11-3-4-12(19)9-20(7-6-11)14-5-2-10(16)8-13(14)15(17)18/h2,5,8,11-12H,3-4,6-7,9H2,1H3,(H3,17,18). The molecule has 2 aliphatic heterocycles. The lowest BCUT2D eigenvalue weighted by Crippen LogP contribution is -2.37. The van der Waals surface area contributed by atoms with Crippen LogP contribution < -0.4 is 10.6 Å². The number of fused-ring (bicyclic) bond motifs is 2. The van der Waals surface area contributed by atoms with Gasteiger partial charge in [-0.25, -0.2) is 0 Å². The Kier molecular flexibility index (Phi) is 3.61. The van der Waals surface area contributed by atoms with Gasteiger partial charge in [0.05, 0.1) is 0 Å². The lowest BCUT2D eigenvalue weighted by Gasteiger charge is -2.29. The summed E-state index contributed by atoms with van der Waals surface area (Å²) in [5.41, 5.74) is 7.51. The molecular weight excluding hydrogens is 272 g/mol. The van der Waals surface area contributed by atoms with Gasteiger partial charge in [-0.15, -0.1) is 0 Å². The molecule has 0 amide bonds. The second-order valence-electron chi connectivity index (χ2n) is 5.86. The van der Waals surface area contributed by atoms with Crippen molar-refractivity contribution in [2.75, 3.05) is 25.0 Å². The molecule has 0 aliphatic carbocycles. The van der Waals surface area contributed by atoms with Crippen molar-refractivity contribution in [3.05, 3.63) is 28.8 Å². The number of rotatable bonds is 2. The first kappa shape index (κ1) is 13.7. The number of nitrogens with zero attached hydrogens (tertiary/aromatic N) is 2. The SMILES string of the molecule is CN1C2CCC1CN(c1ccc(Cl)cc1C(=N)N)CC2. The second-order valence-corrected chi connectivity index (χ2v) is 6.30. The summed E-state index contributed by atoms with van der Waals surface area (Å²) in [4.78, 5) is 4.89. The molecule has 3 rings (SSSR count). The van der Waals surface area contributed by atoms with Gasteiger partial charge in [0.2, 0.25) is 0 Å². The number of nitrogens with two attached hydrogens (primary N) is 1. The van der Waals surface area contributed by atoms with E-state index < -0.39 is 0 Å². The molecule has 0 saturated carbocycles. The van der Waals surface area contributed by atoms with E-state index in [4.69, 9.17) is 22.7 Å². The maximum Gasteiger partial charge on any atom is 0.124 e. The predicted molar refractivity (Wildman–Crippen MR) is 83.9 cm³/mol. The lowest BCUT2D eigenvalue weighted by molar-refractivity contribution is 0.254. The van der Waals surface area contributed by atoms with Crippen molar-refractivity contribution in [2.24, 2.45) is 5.73 Å². The minimum absolute atomic E-state index is 0.0882. The van der Waals surface area contributed by atoms with Crippen molar-refractivity contribution in [1.29, 1.82) is 5.41 Å². The Morgan fingerprint density at radius 1 is 1.30 bits per heavy atom. The van der Waals surface area contributed by atoms with Gasteiger partial charge < -0.3 is 10.6 Å². The molecule has 2 bridgehead atoms. The Morgan fingerprint density at radius 3 is 2.80 bits per heavy atom. The third kappa shape index (κ3) is 2.38. The molecule has 2 fully saturated rings. The number of hydrogen-bond acceptors (Lipinski definition) is 3. The smallest absolute Gasteiger partial charge is 0.124 e. The van der Waals surface area contributed by atoms with E-state index in [-0.39, 0.29) is 5.84 Å². The van der Waals surface area contributed by atoms with Crippen LogP contribution in [0.1, 0.15) is 24.8 Å². The van der Waals surface area contributed by atoms with Gasteiger partial charge in [-0.1, -0.05) is 11.6 Å². The van der Waals surface area contributed by atoms with Crippen LogP contribution in [0.5, 0.6) is 0 Å². The highest BCUT2D eigenvalue weighted by Crippen LogP contribution is 2.32. The number of nitrogens with one attached hydrogen (secondary N) is 1. The molecule has 1 aromatic rings. The lowest BCUT2D eigenvalue weighted by atomic mass is 10.1. The number of likely N-dealkylation sites (N-methyl/N-ethyl adjacent to an activating group) is 1. The van der Waals surface area contributed by atoms with Crippen LogP contribution in [0.2, 0.25) is 5.02 Å². The monoisotopic (exact) mass is 292 g/mol. The molecule has 20 heavy (non-hydrogen) atoms. The summed E-state index contributed by atoms with van der Waals surface area (Å²) in [5.74, 6) is 0.0882. The van der Waals surface area contributed by atoms with Crippen LogP contribution >= 0.6 is 11.6 Å². The summed E-state index contributed by atoms with van der Waals surface area (Å²) < 4.78 is 0. The molecule has 1 aromatic carbocycles. The molecular formula is C15H21ClN4. The third-order valence-electron chi connectivity index (χ3n) is 4.74. The molecule has 0 radical (unpaired) electrons. The van der Waals surface area contributed by atoms with Crippen LogP contribution in [0.3, 0.4) is 0 Å². The van der Waals surface area contributed by atoms with E-state index >= 15 is 0 Å². The topological polar surface area (TPSA) is 56.4 Å². The van der Waals surface area contributed by atoms with Crippen LogP contribution in [0.4, 0.5) is 5.69 Å². The minimum Gasteiger partial charge on any atom is -0.384 e. The number of hydrogen-bond donors (Lipinski definition) is 2. The van der Waals surface area contributed by atoms with Crippen LogP contribution in [0.15, 0.2) is 18.2 Å². The molecule has 2 atom stereocenters. The van der Waals surface area contributed by atoms with Gasteiger partial charge in [0.1, 0.15) is 5.84 Å². The minimum atomic E-state index is 0.0882. The van der Waals surface area contributed by atoms with E-state index in [1.807, 2.05) is 12.1 Å². The Bertz CT molecular complexity index is 531. The van der Waals surface area contributed by atoms with Crippen molar-refractivity contribution in [3.8, 4) is 0 Å². The number of anilines is 1. The number of amidine groups is 1. The van der Waals surface area contributed by atoms with Gasteiger partial charge in [0, 0.05) is 41.4 Å². The first-order valence-corrected chi connectivity index (χ1v) is 7.55. The zero-order chi connectivity index (χ0) is 14.3. The average Bonchev–Trinajstić information content (AvgIpc) is 2.64. The first-order valence-electron chi connectivity index (χ1n) is 7.17. The van der Waals surface area contributed by atoms with Crippen LogP contribution in [0, 0.1) is 5.41 Å². The van der Waals surface area contributed by atoms with Crippen molar-refractivity contribution < 1.29 is 0 Å². The zero-order valence-electron chi connectivity index (χ0n) is 11.8. The predicted octanol–water partition coefficient (Wildman–Crippen LogP) is 2.30. The van der Waals surface area contributed by atoms with Crippen LogP contribution in [-0.2, 0) is 0 Å². The van der Waals surface area contributed by atoms with E-state index in [9.17, 15) is 0 Å². The Balaban J connectivity index is 1.91. The highest BCUT2D eigenvalue weighted by atomic mass is 35.5. The van der Waals surface area contributed by atoms with Crippen molar-refractivity contribution in [1.82, 2.24) is 4.90 Å². The molecule has 2 heterocycles. The molecule has 2 aliphatic rings. The maximum atomic E-state index is 7.77. The van der Waals surface area contributed by atoms with Crippen molar-refractivity contribution in [2.45, 2.75) is 31.3 Å². The molecule has 108 valence electrons. The fourth-order valence-electron chi connectivity index (χ4n) is 3.53. The van der Waals surface area contributed by atoms with Gasteiger partial charge >= 0.3 is 0 Å². The summed E-state index contributed by atoms with van der Waals surface area (Å²) >= 11 is 6.04. The molecule has 3 N–H and O–H groups in total.